The van der Waals surface area contributed by atoms with Gasteiger partial charge in [0.2, 0.25) is 10.0 Å². The number of halogens is 2. The fourth-order valence-electron chi connectivity index (χ4n) is 4.18. The van der Waals surface area contributed by atoms with Crippen LogP contribution in [0.15, 0.2) is 35.2 Å². The van der Waals surface area contributed by atoms with Gasteiger partial charge < -0.3 is 4.90 Å². The fourth-order valence-corrected chi connectivity index (χ4v) is 6.56. The Kier molecular flexibility index (Phi) is 7.86. The van der Waals surface area contributed by atoms with Crippen molar-refractivity contribution in [1.29, 1.82) is 0 Å². The molecule has 0 saturated carbocycles. The maximum absolute atomic E-state index is 13.9. The first kappa shape index (κ1) is 25.4. The standard InChI is InChI=1S/C25H34Cl2N2O2S/c1-16(2)19-13-21(17(3)4)25(22(14-19)18(5)6)32(30,31)29-11-9-28(10-12-29)20-7-8-23(26)24(27)15-20/h7-8,13-18H,9-12H2,1-6H3. The molecule has 0 atom stereocenters. The van der Waals surface area contributed by atoms with Crippen LogP contribution in [-0.2, 0) is 10.0 Å². The molecule has 0 aliphatic carbocycles. The van der Waals surface area contributed by atoms with Crippen molar-refractivity contribution in [3.05, 3.63) is 57.1 Å². The average Bonchev–Trinajstić information content (AvgIpc) is 2.74. The third kappa shape index (κ3) is 5.11. The zero-order chi connectivity index (χ0) is 23.8. The summed E-state index contributed by atoms with van der Waals surface area (Å²) in [4.78, 5) is 2.66. The van der Waals surface area contributed by atoms with Crippen LogP contribution in [0.3, 0.4) is 0 Å². The molecule has 2 aromatic carbocycles. The van der Waals surface area contributed by atoms with Gasteiger partial charge in [0, 0.05) is 31.9 Å². The molecule has 176 valence electrons. The molecule has 2 aromatic rings. The van der Waals surface area contributed by atoms with Gasteiger partial charge in [-0.1, -0.05) is 76.9 Å². The monoisotopic (exact) mass is 496 g/mol. The predicted molar refractivity (Wildman–Crippen MR) is 136 cm³/mol. The van der Waals surface area contributed by atoms with Crippen LogP contribution in [0, 0.1) is 0 Å². The minimum Gasteiger partial charge on any atom is -0.369 e. The molecule has 1 heterocycles. The van der Waals surface area contributed by atoms with E-state index in [0.29, 0.717) is 47.0 Å². The zero-order valence-corrected chi connectivity index (χ0v) is 22.2. The van der Waals surface area contributed by atoms with E-state index in [0.717, 1.165) is 16.8 Å². The molecule has 1 saturated heterocycles. The van der Waals surface area contributed by atoms with Gasteiger partial charge in [0.25, 0.3) is 0 Å². The van der Waals surface area contributed by atoms with Crippen molar-refractivity contribution in [3.8, 4) is 0 Å². The lowest BCUT2D eigenvalue weighted by atomic mass is 9.89. The summed E-state index contributed by atoms with van der Waals surface area (Å²) in [6, 6.07) is 9.74. The van der Waals surface area contributed by atoms with Crippen molar-refractivity contribution in [1.82, 2.24) is 4.31 Å². The van der Waals surface area contributed by atoms with Crippen LogP contribution in [0.1, 0.15) is 76.0 Å². The number of hydrogen-bond acceptors (Lipinski definition) is 3. The number of anilines is 1. The third-order valence-electron chi connectivity index (χ3n) is 6.18. The number of rotatable bonds is 6. The number of piperazine rings is 1. The van der Waals surface area contributed by atoms with Crippen molar-refractivity contribution in [2.45, 2.75) is 64.2 Å². The van der Waals surface area contributed by atoms with Crippen molar-refractivity contribution >= 4 is 38.9 Å². The highest BCUT2D eigenvalue weighted by Crippen LogP contribution is 2.37. The SMILES string of the molecule is CC(C)c1cc(C(C)C)c(S(=O)(=O)N2CCN(c3ccc(Cl)c(Cl)c3)CC2)c(C(C)C)c1. The second-order valence-electron chi connectivity index (χ2n) is 9.48. The fraction of sp³-hybridized carbons (Fsp3) is 0.520. The highest BCUT2D eigenvalue weighted by atomic mass is 35.5. The normalized spacial score (nSPS) is 15.9. The quantitative estimate of drug-likeness (QED) is 0.437. The van der Waals surface area contributed by atoms with Crippen LogP contribution in [0.5, 0.6) is 0 Å². The molecule has 1 fully saturated rings. The van der Waals surface area contributed by atoms with E-state index in [1.807, 2.05) is 12.1 Å². The Morgan fingerprint density at radius 2 is 1.28 bits per heavy atom. The zero-order valence-electron chi connectivity index (χ0n) is 19.8. The Morgan fingerprint density at radius 3 is 1.72 bits per heavy atom. The summed E-state index contributed by atoms with van der Waals surface area (Å²) < 4.78 is 29.5. The van der Waals surface area contributed by atoms with Gasteiger partial charge in [-0.25, -0.2) is 8.42 Å². The molecule has 1 aliphatic heterocycles. The van der Waals surface area contributed by atoms with Crippen molar-refractivity contribution in [3.63, 3.8) is 0 Å². The second kappa shape index (κ2) is 9.92. The first-order valence-electron chi connectivity index (χ1n) is 11.3. The van der Waals surface area contributed by atoms with E-state index >= 15 is 0 Å². The average molecular weight is 498 g/mol. The van der Waals surface area contributed by atoms with Crippen molar-refractivity contribution in [2.75, 3.05) is 31.1 Å². The van der Waals surface area contributed by atoms with E-state index in [1.165, 1.54) is 5.56 Å². The summed E-state index contributed by atoms with van der Waals surface area (Å²) in [7, 11) is -3.62. The smallest absolute Gasteiger partial charge is 0.243 e. The summed E-state index contributed by atoms with van der Waals surface area (Å²) in [6.45, 7) is 14.7. The Balaban J connectivity index is 1.95. The Labute approximate surface area is 203 Å². The number of benzene rings is 2. The minimum absolute atomic E-state index is 0.119. The number of nitrogens with zero attached hydrogens (tertiary/aromatic N) is 2. The molecule has 3 rings (SSSR count). The van der Waals surface area contributed by atoms with Gasteiger partial charge in [0.05, 0.1) is 14.9 Å². The van der Waals surface area contributed by atoms with Crippen LogP contribution < -0.4 is 4.90 Å². The van der Waals surface area contributed by atoms with Crippen LogP contribution in [-0.4, -0.2) is 38.9 Å². The summed E-state index contributed by atoms with van der Waals surface area (Å²) in [5.74, 6) is 0.582. The van der Waals surface area contributed by atoms with Crippen molar-refractivity contribution in [2.24, 2.45) is 0 Å². The van der Waals surface area contributed by atoms with Gasteiger partial charge in [-0.2, -0.15) is 4.31 Å². The van der Waals surface area contributed by atoms with Crippen LogP contribution in [0.4, 0.5) is 5.69 Å². The van der Waals surface area contributed by atoms with E-state index in [-0.39, 0.29) is 11.8 Å². The van der Waals surface area contributed by atoms with Crippen LogP contribution in [0.25, 0.3) is 0 Å². The Morgan fingerprint density at radius 1 is 0.750 bits per heavy atom. The molecular formula is C25H34Cl2N2O2S. The van der Waals surface area contributed by atoms with Gasteiger partial charge in [0.15, 0.2) is 0 Å². The molecule has 7 heteroatoms. The lowest BCUT2D eigenvalue weighted by molar-refractivity contribution is 0.383. The topological polar surface area (TPSA) is 40.6 Å². The van der Waals surface area contributed by atoms with Crippen LogP contribution >= 0.6 is 23.2 Å². The lowest BCUT2D eigenvalue weighted by Gasteiger charge is -2.36. The molecule has 0 amide bonds. The molecule has 0 radical (unpaired) electrons. The van der Waals surface area contributed by atoms with Gasteiger partial charge >= 0.3 is 0 Å². The Hall–Kier alpha value is -1.27. The van der Waals surface area contributed by atoms with E-state index in [4.69, 9.17) is 23.2 Å². The molecule has 0 aromatic heterocycles. The maximum atomic E-state index is 13.9. The molecule has 0 N–H and O–H groups in total. The van der Waals surface area contributed by atoms with E-state index in [9.17, 15) is 8.42 Å². The van der Waals surface area contributed by atoms with Gasteiger partial charge in [-0.15, -0.1) is 0 Å². The summed E-state index contributed by atoms with van der Waals surface area (Å²) in [5.41, 5.74) is 4.00. The second-order valence-corrected chi connectivity index (χ2v) is 12.2. The molecule has 0 spiro atoms. The number of hydrogen-bond donors (Lipinski definition) is 0. The largest absolute Gasteiger partial charge is 0.369 e. The summed E-state index contributed by atoms with van der Waals surface area (Å²) >= 11 is 12.2. The molecule has 1 aliphatic rings. The summed E-state index contributed by atoms with van der Waals surface area (Å²) in [5, 5.41) is 1.02. The van der Waals surface area contributed by atoms with Crippen molar-refractivity contribution < 1.29 is 8.42 Å². The van der Waals surface area contributed by atoms with Gasteiger partial charge in [-0.05, 0) is 52.6 Å². The molecule has 32 heavy (non-hydrogen) atoms. The minimum atomic E-state index is -3.62. The molecule has 4 nitrogen and oxygen atoms in total. The summed E-state index contributed by atoms with van der Waals surface area (Å²) in [6.07, 6.45) is 0. The molecule has 0 unspecified atom stereocenters. The van der Waals surface area contributed by atoms with Crippen LogP contribution in [0.2, 0.25) is 10.0 Å². The van der Waals surface area contributed by atoms with Gasteiger partial charge in [-0.3, -0.25) is 0 Å². The first-order valence-corrected chi connectivity index (χ1v) is 13.5. The molecule has 0 bridgehead atoms. The molecular weight excluding hydrogens is 463 g/mol. The number of sulfonamides is 1. The van der Waals surface area contributed by atoms with Gasteiger partial charge in [0.1, 0.15) is 0 Å². The highest BCUT2D eigenvalue weighted by Gasteiger charge is 2.34. The Bertz CT molecular complexity index is 1040. The first-order chi connectivity index (χ1) is 14.9. The lowest BCUT2D eigenvalue weighted by Crippen LogP contribution is -2.49. The highest BCUT2D eigenvalue weighted by molar-refractivity contribution is 7.89. The third-order valence-corrected chi connectivity index (χ3v) is 8.96. The van der Waals surface area contributed by atoms with E-state index in [2.05, 4.69) is 58.6 Å². The maximum Gasteiger partial charge on any atom is 0.243 e. The van der Waals surface area contributed by atoms with E-state index in [1.54, 1.807) is 10.4 Å². The van der Waals surface area contributed by atoms with E-state index < -0.39 is 10.0 Å². The predicted octanol–water partition coefficient (Wildman–Crippen LogP) is 6.87.